The zero-order valence-electron chi connectivity index (χ0n) is 9.87. The molecule has 1 rings (SSSR count). The molecule has 102 valence electrons. The van der Waals surface area contributed by atoms with Crippen LogP contribution in [0.3, 0.4) is 0 Å². The molecular weight excluding hydrogens is 328 g/mol. The van der Waals surface area contributed by atoms with Gasteiger partial charge in [0.15, 0.2) is 11.6 Å². The topological polar surface area (TPSA) is 37.4 Å². The van der Waals surface area contributed by atoms with Gasteiger partial charge >= 0.3 is 0 Å². The van der Waals surface area contributed by atoms with E-state index < -0.39 is 21.7 Å². The fourth-order valence-corrected chi connectivity index (χ4v) is 3.22. The van der Waals surface area contributed by atoms with Crippen LogP contribution in [-0.4, -0.2) is 31.1 Å². The highest BCUT2D eigenvalue weighted by molar-refractivity contribution is 9.09. The normalized spacial score (nSPS) is 12.1. The first-order valence-electron chi connectivity index (χ1n) is 5.44. The van der Waals surface area contributed by atoms with Crippen molar-refractivity contribution in [2.75, 3.05) is 18.4 Å². The average Bonchev–Trinajstić information content (AvgIpc) is 2.33. The SMILES string of the molecule is CCN(CCCBr)S(=O)(=O)c1ccc(F)c(F)c1. The number of benzene rings is 1. The molecule has 0 aromatic heterocycles. The number of sulfonamides is 1. The Hall–Kier alpha value is -0.530. The summed E-state index contributed by atoms with van der Waals surface area (Å²) in [6, 6.07) is 2.60. The van der Waals surface area contributed by atoms with Gasteiger partial charge in [0.2, 0.25) is 10.0 Å². The molecule has 0 aliphatic rings. The lowest BCUT2D eigenvalue weighted by molar-refractivity contribution is 0.427. The van der Waals surface area contributed by atoms with Crippen molar-refractivity contribution in [2.45, 2.75) is 18.2 Å². The van der Waals surface area contributed by atoms with Crippen LogP contribution < -0.4 is 0 Å². The molecule has 1 aromatic carbocycles. The monoisotopic (exact) mass is 341 g/mol. The van der Waals surface area contributed by atoms with Crippen molar-refractivity contribution in [1.82, 2.24) is 4.31 Å². The minimum absolute atomic E-state index is 0.224. The van der Waals surface area contributed by atoms with Gasteiger partial charge in [0.25, 0.3) is 0 Å². The summed E-state index contributed by atoms with van der Waals surface area (Å²) in [5.41, 5.74) is 0. The first kappa shape index (κ1) is 15.5. The number of hydrogen-bond donors (Lipinski definition) is 0. The van der Waals surface area contributed by atoms with Gasteiger partial charge in [-0.05, 0) is 24.6 Å². The fourth-order valence-electron chi connectivity index (χ4n) is 1.47. The highest BCUT2D eigenvalue weighted by Gasteiger charge is 2.23. The lowest BCUT2D eigenvalue weighted by Gasteiger charge is -2.20. The molecule has 0 bridgehead atoms. The molecule has 1 aromatic rings. The smallest absolute Gasteiger partial charge is 0.207 e. The molecule has 0 saturated heterocycles. The van der Waals surface area contributed by atoms with Gasteiger partial charge in [0.1, 0.15) is 0 Å². The van der Waals surface area contributed by atoms with E-state index in [1.165, 1.54) is 4.31 Å². The molecule has 0 fully saturated rings. The molecule has 0 saturated carbocycles. The van der Waals surface area contributed by atoms with Crippen LogP contribution in [0.5, 0.6) is 0 Å². The Kier molecular flexibility index (Phi) is 5.68. The molecule has 3 nitrogen and oxygen atoms in total. The molecule has 0 unspecified atom stereocenters. The van der Waals surface area contributed by atoms with Crippen molar-refractivity contribution in [2.24, 2.45) is 0 Å². The van der Waals surface area contributed by atoms with Crippen molar-refractivity contribution >= 4 is 26.0 Å². The largest absolute Gasteiger partial charge is 0.243 e. The summed E-state index contributed by atoms with van der Waals surface area (Å²) in [4.78, 5) is -0.224. The standard InChI is InChI=1S/C11H14BrF2NO2S/c1-2-15(7-3-6-12)18(16,17)9-4-5-10(13)11(14)8-9/h4-5,8H,2-3,6-7H2,1H3. The van der Waals surface area contributed by atoms with Crippen LogP contribution in [0.25, 0.3) is 0 Å². The van der Waals surface area contributed by atoms with E-state index in [-0.39, 0.29) is 11.4 Å². The summed E-state index contributed by atoms with van der Waals surface area (Å²) in [5.74, 6) is -2.22. The zero-order chi connectivity index (χ0) is 13.8. The van der Waals surface area contributed by atoms with Crippen LogP contribution >= 0.6 is 15.9 Å². The Morgan fingerprint density at radius 2 is 1.94 bits per heavy atom. The summed E-state index contributed by atoms with van der Waals surface area (Å²) in [6.45, 7) is 2.32. The van der Waals surface area contributed by atoms with E-state index in [1.807, 2.05) is 0 Å². The second kappa shape index (κ2) is 6.58. The third-order valence-corrected chi connectivity index (χ3v) is 4.95. The maximum atomic E-state index is 13.1. The van der Waals surface area contributed by atoms with E-state index in [0.717, 1.165) is 12.1 Å². The molecule has 18 heavy (non-hydrogen) atoms. The summed E-state index contributed by atoms with van der Waals surface area (Å²) in [7, 11) is -3.76. The van der Waals surface area contributed by atoms with Crippen molar-refractivity contribution in [3.8, 4) is 0 Å². The number of nitrogens with zero attached hydrogens (tertiary/aromatic N) is 1. The van der Waals surface area contributed by atoms with E-state index >= 15 is 0 Å². The van der Waals surface area contributed by atoms with Gasteiger partial charge in [-0.3, -0.25) is 0 Å². The summed E-state index contributed by atoms with van der Waals surface area (Å²) < 4.78 is 51.4. The maximum Gasteiger partial charge on any atom is 0.243 e. The first-order valence-corrected chi connectivity index (χ1v) is 8.00. The van der Waals surface area contributed by atoms with Gasteiger partial charge < -0.3 is 0 Å². The average molecular weight is 342 g/mol. The van der Waals surface area contributed by atoms with Crippen LogP contribution in [0.2, 0.25) is 0 Å². The Balaban J connectivity index is 3.06. The molecular formula is C11H14BrF2NO2S. The zero-order valence-corrected chi connectivity index (χ0v) is 12.3. The van der Waals surface area contributed by atoms with E-state index in [9.17, 15) is 17.2 Å². The molecule has 0 atom stereocenters. The van der Waals surface area contributed by atoms with Crippen molar-refractivity contribution in [3.63, 3.8) is 0 Å². The fraction of sp³-hybridized carbons (Fsp3) is 0.455. The van der Waals surface area contributed by atoms with Gasteiger partial charge in [0.05, 0.1) is 4.90 Å². The molecule has 0 heterocycles. The molecule has 0 amide bonds. The van der Waals surface area contributed by atoms with Gasteiger partial charge in [-0.2, -0.15) is 4.31 Å². The van der Waals surface area contributed by atoms with E-state index in [0.29, 0.717) is 24.4 Å². The Labute approximate surface area is 114 Å². The predicted octanol–water partition coefficient (Wildman–Crippen LogP) is 2.76. The van der Waals surface area contributed by atoms with Gasteiger partial charge in [-0.15, -0.1) is 0 Å². The Morgan fingerprint density at radius 1 is 1.28 bits per heavy atom. The first-order chi connectivity index (χ1) is 8.43. The maximum absolute atomic E-state index is 13.1. The quantitative estimate of drug-likeness (QED) is 0.746. The molecule has 0 radical (unpaired) electrons. The molecule has 0 aliphatic heterocycles. The second-order valence-corrected chi connectivity index (χ2v) is 6.35. The lowest BCUT2D eigenvalue weighted by Crippen LogP contribution is -2.32. The van der Waals surface area contributed by atoms with Crippen molar-refractivity contribution < 1.29 is 17.2 Å². The predicted molar refractivity (Wildman–Crippen MR) is 69.2 cm³/mol. The third kappa shape index (κ3) is 3.49. The third-order valence-electron chi connectivity index (χ3n) is 2.42. The van der Waals surface area contributed by atoms with Crippen LogP contribution in [0.15, 0.2) is 23.1 Å². The number of halogens is 3. The van der Waals surface area contributed by atoms with Gasteiger partial charge in [-0.1, -0.05) is 22.9 Å². The summed E-state index contributed by atoms with van der Waals surface area (Å²) in [6.07, 6.45) is 0.650. The number of alkyl halides is 1. The van der Waals surface area contributed by atoms with E-state index in [4.69, 9.17) is 0 Å². The van der Waals surface area contributed by atoms with E-state index in [1.54, 1.807) is 6.92 Å². The van der Waals surface area contributed by atoms with Crippen LogP contribution in [0, 0.1) is 11.6 Å². The Bertz CT molecular complexity index is 508. The molecule has 7 heteroatoms. The van der Waals surface area contributed by atoms with Crippen molar-refractivity contribution in [3.05, 3.63) is 29.8 Å². The van der Waals surface area contributed by atoms with Crippen LogP contribution in [0.4, 0.5) is 8.78 Å². The van der Waals surface area contributed by atoms with Gasteiger partial charge in [0, 0.05) is 18.4 Å². The van der Waals surface area contributed by atoms with Crippen LogP contribution in [-0.2, 0) is 10.0 Å². The molecule has 0 aliphatic carbocycles. The highest BCUT2D eigenvalue weighted by Crippen LogP contribution is 2.18. The summed E-state index contributed by atoms with van der Waals surface area (Å²) in [5, 5.41) is 0.677. The molecule has 0 spiro atoms. The summed E-state index contributed by atoms with van der Waals surface area (Å²) >= 11 is 3.22. The Morgan fingerprint density at radius 3 is 2.44 bits per heavy atom. The van der Waals surface area contributed by atoms with Crippen molar-refractivity contribution in [1.29, 1.82) is 0 Å². The van der Waals surface area contributed by atoms with Gasteiger partial charge in [-0.25, -0.2) is 17.2 Å². The minimum atomic E-state index is -3.76. The number of rotatable bonds is 6. The molecule has 0 N–H and O–H groups in total. The van der Waals surface area contributed by atoms with Crippen LogP contribution in [0.1, 0.15) is 13.3 Å². The van der Waals surface area contributed by atoms with E-state index in [2.05, 4.69) is 15.9 Å². The minimum Gasteiger partial charge on any atom is -0.207 e. The second-order valence-electron chi connectivity index (χ2n) is 3.62. The number of hydrogen-bond acceptors (Lipinski definition) is 2. The lowest BCUT2D eigenvalue weighted by atomic mass is 10.3. The highest BCUT2D eigenvalue weighted by atomic mass is 79.9.